The zero-order valence-corrected chi connectivity index (χ0v) is 20.7. The van der Waals surface area contributed by atoms with Gasteiger partial charge in [-0.1, -0.05) is 18.2 Å². The van der Waals surface area contributed by atoms with E-state index in [-0.39, 0.29) is 10.8 Å². The number of amides is 1. The van der Waals surface area contributed by atoms with E-state index in [0.29, 0.717) is 57.5 Å². The summed E-state index contributed by atoms with van der Waals surface area (Å²) in [4.78, 5) is 17.7. The lowest BCUT2D eigenvalue weighted by Crippen LogP contribution is -2.42. The van der Waals surface area contributed by atoms with Crippen LogP contribution in [0.2, 0.25) is 0 Å². The number of hydrogen-bond donors (Lipinski definition) is 0. The number of hydrogen-bond acceptors (Lipinski definition) is 6. The fraction of sp³-hybridized carbons (Fsp3) is 0.480. The van der Waals surface area contributed by atoms with Crippen molar-refractivity contribution in [1.29, 1.82) is 0 Å². The van der Waals surface area contributed by atoms with Crippen molar-refractivity contribution in [3.63, 3.8) is 0 Å². The van der Waals surface area contributed by atoms with Crippen LogP contribution in [0.4, 0.5) is 5.69 Å². The highest BCUT2D eigenvalue weighted by Gasteiger charge is 2.29. The van der Waals surface area contributed by atoms with Gasteiger partial charge in [0.25, 0.3) is 5.91 Å². The van der Waals surface area contributed by atoms with Crippen LogP contribution in [0.25, 0.3) is 0 Å². The van der Waals surface area contributed by atoms with Crippen molar-refractivity contribution in [3.8, 4) is 5.75 Å². The summed E-state index contributed by atoms with van der Waals surface area (Å²) in [5.74, 6) is 1.11. The van der Waals surface area contributed by atoms with Gasteiger partial charge in [0, 0.05) is 46.0 Å². The second kappa shape index (κ2) is 10.8. The molecule has 2 aromatic rings. The highest BCUT2D eigenvalue weighted by atomic mass is 32.2. The lowest BCUT2D eigenvalue weighted by molar-refractivity contribution is 0.0660. The van der Waals surface area contributed by atoms with Gasteiger partial charge in [-0.15, -0.1) is 0 Å². The normalized spacial score (nSPS) is 17.7. The summed E-state index contributed by atoms with van der Waals surface area (Å²) in [5.41, 5.74) is 1.20. The molecule has 0 unspecified atom stereocenters. The Balaban J connectivity index is 1.49. The number of nitrogens with zero attached hydrogens (tertiary/aromatic N) is 3. The number of para-hydroxylation sites is 1. The average molecular weight is 488 g/mol. The zero-order valence-electron chi connectivity index (χ0n) is 19.9. The van der Waals surface area contributed by atoms with Crippen molar-refractivity contribution >= 4 is 21.6 Å². The lowest BCUT2D eigenvalue weighted by atomic mass is 9.97. The van der Waals surface area contributed by atoms with E-state index < -0.39 is 10.0 Å². The first kappa shape index (κ1) is 24.5. The SMILES string of the molecule is CN(C)S(=O)(=O)c1ccc(N2CCOCC2)c(C(=O)N2CCC(COc3ccccc3)CC2)c1. The molecule has 0 saturated carbocycles. The minimum Gasteiger partial charge on any atom is -0.493 e. The largest absolute Gasteiger partial charge is 0.493 e. The minimum absolute atomic E-state index is 0.125. The topological polar surface area (TPSA) is 79.4 Å². The molecule has 2 heterocycles. The Hall–Kier alpha value is -2.62. The van der Waals surface area contributed by atoms with Gasteiger partial charge < -0.3 is 19.3 Å². The highest BCUT2D eigenvalue weighted by molar-refractivity contribution is 7.89. The monoisotopic (exact) mass is 487 g/mol. The van der Waals surface area contributed by atoms with Gasteiger partial charge in [-0.2, -0.15) is 0 Å². The minimum atomic E-state index is -3.65. The molecule has 2 aromatic carbocycles. The predicted molar refractivity (Wildman–Crippen MR) is 131 cm³/mol. The van der Waals surface area contributed by atoms with E-state index in [1.165, 1.54) is 24.5 Å². The van der Waals surface area contributed by atoms with Gasteiger partial charge in [0.15, 0.2) is 0 Å². The Labute approximate surface area is 202 Å². The molecule has 2 saturated heterocycles. The van der Waals surface area contributed by atoms with E-state index in [1.54, 1.807) is 12.1 Å². The van der Waals surface area contributed by atoms with Crippen LogP contribution in [0.5, 0.6) is 5.75 Å². The predicted octanol–water partition coefficient (Wildman–Crippen LogP) is 2.70. The Morgan fingerprint density at radius 3 is 2.35 bits per heavy atom. The fourth-order valence-corrected chi connectivity index (χ4v) is 5.27. The molecule has 0 aromatic heterocycles. The van der Waals surface area contributed by atoms with Crippen molar-refractivity contribution in [3.05, 3.63) is 54.1 Å². The molecular weight excluding hydrogens is 454 g/mol. The second-order valence-electron chi connectivity index (χ2n) is 8.93. The summed E-state index contributed by atoms with van der Waals surface area (Å²) in [6.07, 6.45) is 1.70. The van der Waals surface area contributed by atoms with Gasteiger partial charge in [0.2, 0.25) is 10.0 Å². The van der Waals surface area contributed by atoms with Crippen LogP contribution in [0, 0.1) is 5.92 Å². The Bertz CT molecular complexity index is 1080. The molecule has 34 heavy (non-hydrogen) atoms. The number of anilines is 1. The lowest BCUT2D eigenvalue weighted by Gasteiger charge is -2.34. The highest BCUT2D eigenvalue weighted by Crippen LogP contribution is 2.29. The van der Waals surface area contributed by atoms with Crippen LogP contribution >= 0.6 is 0 Å². The second-order valence-corrected chi connectivity index (χ2v) is 11.1. The van der Waals surface area contributed by atoms with Gasteiger partial charge in [-0.3, -0.25) is 4.79 Å². The van der Waals surface area contributed by atoms with Crippen molar-refractivity contribution in [1.82, 2.24) is 9.21 Å². The summed E-state index contributed by atoms with van der Waals surface area (Å²) in [6, 6.07) is 14.6. The van der Waals surface area contributed by atoms with Crippen LogP contribution in [-0.2, 0) is 14.8 Å². The third kappa shape index (κ3) is 5.54. The van der Waals surface area contributed by atoms with E-state index in [1.807, 2.05) is 35.2 Å². The average Bonchev–Trinajstić information content (AvgIpc) is 2.88. The third-order valence-electron chi connectivity index (χ3n) is 6.46. The Kier molecular flexibility index (Phi) is 7.75. The number of ether oxygens (including phenoxy) is 2. The molecule has 2 aliphatic rings. The molecular formula is C25H33N3O5S. The Morgan fingerprint density at radius 1 is 1.03 bits per heavy atom. The van der Waals surface area contributed by atoms with Gasteiger partial charge in [-0.05, 0) is 49.1 Å². The van der Waals surface area contributed by atoms with Gasteiger partial charge in [0.1, 0.15) is 5.75 Å². The zero-order chi connectivity index (χ0) is 24.1. The summed E-state index contributed by atoms with van der Waals surface area (Å²) >= 11 is 0. The maximum Gasteiger partial charge on any atom is 0.256 e. The number of carbonyl (C=O) groups is 1. The molecule has 9 heteroatoms. The number of sulfonamides is 1. The standard InChI is InChI=1S/C25H33N3O5S/c1-26(2)34(30,31)22-8-9-24(27-14-16-32-17-15-27)23(18-22)25(29)28-12-10-20(11-13-28)19-33-21-6-4-3-5-7-21/h3-9,18,20H,10-17,19H2,1-2H3. The molecule has 0 radical (unpaired) electrons. The quantitative estimate of drug-likeness (QED) is 0.598. The van der Waals surface area contributed by atoms with Crippen molar-refractivity contribution in [2.75, 3.05) is 65.0 Å². The van der Waals surface area contributed by atoms with Gasteiger partial charge in [0.05, 0.1) is 30.3 Å². The maximum absolute atomic E-state index is 13.6. The van der Waals surface area contributed by atoms with Crippen LogP contribution in [0.15, 0.2) is 53.4 Å². The summed E-state index contributed by atoms with van der Waals surface area (Å²) in [6.45, 7) is 4.36. The van der Waals surface area contributed by atoms with E-state index in [2.05, 4.69) is 4.90 Å². The first-order chi connectivity index (χ1) is 16.4. The molecule has 2 fully saturated rings. The van der Waals surface area contributed by atoms with E-state index in [4.69, 9.17) is 9.47 Å². The number of piperidine rings is 1. The first-order valence-corrected chi connectivity index (χ1v) is 13.2. The third-order valence-corrected chi connectivity index (χ3v) is 8.27. The van der Waals surface area contributed by atoms with Gasteiger partial charge in [-0.25, -0.2) is 12.7 Å². The number of morpholine rings is 1. The maximum atomic E-state index is 13.6. The molecule has 8 nitrogen and oxygen atoms in total. The number of carbonyl (C=O) groups excluding carboxylic acids is 1. The molecule has 0 atom stereocenters. The number of rotatable bonds is 7. The van der Waals surface area contributed by atoms with E-state index in [0.717, 1.165) is 24.3 Å². The van der Waals surface area contributed by atoms with Gasteiger partial charge >= 0.3 is 0 Å². The molecule has 0 N–H and O–H groups in total. The molecule has 1 amide bonds. The number of likely N-dealkylation sites (tertiary alicyclic amines) is 1. The summed E-state index contributed by atoms with van der Waals surface area (Å²) < 4.78 is 38.1. The summed E-state index contributed by atoms with van der Waals surface area (Å²) in [7, 11) is -0.661. The van der Waals surface area contributed by atoms with Crippen LogP contribution in [0.3, 0.4) is 0 Å². The Morgan fingerprint density at radius 2 is 1.71 bits per heavy atom. The molecule has 2 aliphatic heterocycles. The fourth-order valence-electron chi connectivity index (χ4n) is 4.34. The van der Waals surface area contributed by atoms with Crippen LogP contribution in [0.1, 0.15) is 23.2 Å². The molecule has 4 rings (SSSR count). The number of benzene rings is 2. The van der Waals surface area contributed by atoms with Crippen molar-refractivity contribution in [2.45, 2.75) is 17.7 Å². The first-order valence-electron chi connectivity index (χ1n) is 11.7. The molecule has 184 valence electrons. The van der Waals surface area contributed by atoms with Crippen molar-refractivity contribution < 1.29 is 22.7 Å². The molecule has 0 bridgehead atoms. The smallest absolute Gasteiger partial charge is 0.256 e. The van der Waals surface area contributed by atoms with E-state index >= 15 is 0 Å². The van der Waals surface area contributed by atoms with Crippen LogP contribution in [-0.4, -0.2) is 83.6 Å². The van der Waals surface area contributed by atoms with Crippen molar-refractivity contribution in [2.24, 2.45) is 5.92 Å². The molecule has 0 aliphatic carbocycles. The molecule has 0 spiro atoms. The summed E-state index contributed by atoms with van der Waals surface area (Å²) in [5, 5.41) is 0. The van der Waals surface area contributed by atoms with Crippen LogP contribution < -0.4 is 9.64 Å². The van der Waals surface area contributed by atoms with E-state index in [9.17, 15) is 13.2 Å².